The second-order valence-electron chi connectivity index (χ2n) is 3.46. The van der Waals surface area contributed by atoms with E-state index in [9.17, 15) is 13.3 Å². The molecule has 0 N–H and O–H groups in total. The molecule has 1 rings (SSSR count). The average molecular weight is 343 g/mol. The second-order valence-corrected chi connectivity index (χ2v) is 6.37. The molecule has 102 valence electrons. The molecule has 0 fully saturated rings. The molecule has 0 saturated carbocycles. The van der Waals surface area contributed by atoms with Gasteiger partial charge in [0, 0.05) is 5.56 Å². The van der Waals surface area contributed by atoms with E-state index in [0.29, 0.717) is 0 Å². The summed E-state index contributed by atoms with van der Waals surface area (Å²) < 4.78 is 49.2. The molecule has 0 aliphatic rings. The van der Waals surface area contributed by atoms with Gasteiger partial charge in [-0.15, -0.1) is 0 Å². The molecule has 0 heterocycles. The van der Waals surface area contributed by atoms with Gasteiger partial charge < -0.3 is 9.05 Å². The van der Waals surface area contributed by atoms with Gasteiger partial charge in [-0.05, 0) is 41.9 Å². The van der Waals surface area contributed by atoms with Crippen LogP contribution in [0.2, 0.25) is 0 Å². The lowest BCUT2D eigenvalue weighted by Gasteiger charge is -2.17. The smallest absolute Gasteiger partial charge is 0.309 e. The third kappa shape index (κ3) is 4.12. The van der Waals surface area contributed by atoms with Crippen LogP contribution in [0.1, 0.15) is 19.4 Å². The summed E-state index contributed by atoms with van der Waals surface area (Å²) in [4.78, 5) is 0. The Morgan fingerprint density at radius 3 is 2.22 bits per heavy atom. The van der Waals surface area contributed by atoms with Crippen molar-refractivity contribution in [2.45, 2.75) is 20.0 Å². The normalized spacial score (nSPS) is 11.8. The third-order valence-electron chi connectivity index (χ3n) is 2.10. The molecule has 0 atom stereocenters. The van der Waals surface area contributed by atoms with Crippen molar-refractivity contribution < 1.29 is 22.4 Å². The van der Waals surface area contributed by atoms with Crippen LogP contribution in [0.15, 0.2) is 16.6 Å². The quantitative estimate of drug-likeness (QED) is 0.564. The van der Waals surface area contributed by atoms with Crippen molar-refractivity contribution in [3.8, 4) is 0 Å². The van der Waals surface area contributed by atoms with Crippen LogP contribution in [0, 0.1) is 11.6 Å². The highest BCUT2D eigenvalue weighted by Crippen LogP contribution is 2.51. The van der Waals surface area contributed by atoms with Gasteiger partial charge in [0.1, 0.15) is 11.6 Å². The number of halogens is 3. The predicted molar refractivity (Wildman–Crippen MR) is 68.6 cm³/mol. The van der Waals surface area contributed by atoms with Gasteiger partial charge in [-0.2, -0.15) is 0 Å². The summed E-state index contributed by atoms with van der Waals surface area (Å²) in [6.07, 6.45) is -0.287. The van der Waals surface area contributed by atoms with Crippen LogP contribution >= 0.6 is 23.5 Å². The van der Waals surface area contributed by atoms with Gasteiger partial charge in [-0.25, -0.2) is 8.78 Å². The van der Waals surface area contributed by atoms with E-state index in [1.165, 1.54) is 0 Å². The first-order valence-electron chi connectivity index (χ1n) is 5.43. The topological polar surface area (TPSA) is 35.5 Å². The van der Waals surface area contributed by atoms with Crippen molar-refractivity contribution in [3.63, 3.8) is 0 Å². The Labute approximate surface area is 113 Å². The molecule has 7 heteroatoms. The maximum absolute atomic E-state index is 13.6. The fourth-order valence-electron chi connectivity index (χ4n) is 1.42. The fourth-order valence-corrected chi connectivity index (χ4v) is 3.43. The van der Waals surface area contributed by atoms with E-state index < -0.39 is 19.2 Å². The van der Waals surface area contributed by atoms with E-state index in [-0.39, 0.29) is 29.4 Å². The van der Waals surface area contributed by atoms with Crippen molar-refractivity contribution in [2.24, 2.45) is 0 Å². The molecule has 0 bridgehead atoms. The summed E-state index contributed by atoms with van der Waals surface area (Å²) in [6, 6.07) is 1.98. The highest BCUT2D eigenvalue weighted by atomic mass is 79.9. The summed E-state index contributed by atoms with van der Waals surface area (Å²) in [5.41, 5.74) is -0.0269. The molecule has 3 nitrogen and oxygen atoms in total. The molecule has 18 heavy (non-hydrogen) atoms. The van der Waals surface area contributed by atoms with Crippen molar-refractivity contribution in [1.29, 1.82) is 0 Å². The summed E-state index contributed by atoms with van der Waals surface area (Å²) in [6.45, 7) is 3.67. The maximum atomic E-state index is 13.6. The highest BCUT2D eigenvalue weighted by Gasteiger charge is 2.26. The number of hydrogen-bond donors (Lipinski definition) is 0. The van der Waals surface area contributed by atoms with Gasteiger partial charge in [-0.1, -0.05) is 0 Å². The second kappa shape index (κ2) is 6.75. The molecule has 1 aromatic carbocycles. The monoisotopic (exact) mass is 342 g/mol. The van der Waals surface area contributed by atoms with Gasteiger partial charge in [0.15, 0.2) is 0 Å². The molecule has 0 spiro atoms. The van der Waals surface area contributed by atoms with E-state index in [1.54, 1.807) is 13.8 Å². The first kappa shape index (κ1) is 15.8. The Hall–Kier alpha value is -0.290. The molecule has 1 aromatic rings. The first-order valence-corrected chi connectivity index (χ1v) is 7.95. The standard InChI is InChI=1S/C11H14BrF2O3P/c1-3-16-18(15,17-4-2)7-8-5-11(14)9(12)6-10(8)13/h5-6H,3-4,7H2,1-2H3. The van der Waals surface area contributed by atoms with Gasteiger partial charge in [0.05, 0.1) is 23.8 Å². The zero-order chi connectivity index (χ0) is 13.8. The fraction of sp³-hybridized carbons (Fsp3) is 0.455. The van der Waals surface area contributed by atoms with Crippen molar-refractivity contribution >= 4 is 23.5 Å². The van der Waals surface area contributed by atoms with Gasteiger partial charge in [0.25, 0.3) is 0 Å². The molecule has 0 saturated heterocycles. The van der Waals surface area contributed by atoms with Crippen LogP contribution in [0.5, 0.6) is 0 Å². The van der Waals surface area contributed by atoms with Crippen LogP contribution < -0.4 is 0 Å². The van der Waals surface area contributed by atoms with Crippen LogP contribution in [0.4, 0.5) is 8.78 Å². The zero-order valence-corrected chi connectivity index (χ0v) is 12.6. The van der Waals surface area contributed by atoms with Gasteiger partial charge in [-0.3, -0.25) is 4.57 Å². The summed E-state index contributed by atoms with van der Waals surface area (Å²) in [5.74, 6) is -1.27. The summed E-state index contributed by atoms with van der Waals surface area (Å²) in [5, 5.41) is 0. The lowest BCUT2D eigenvalue weighted by Crippen LogP contribution is -2.01. The average Bonchev–Trinajstić information content (AvgIpc) is 2.26. The highest BCUT2D eigenvalue weighted by molar-refractivity contribution is 9.10. The molecule has 0 radical (unpaired) electrons. The molecular weight excluding hydrogens is 329 g/mol. The Balaban J connectivity index is 3.01. The maximum Gasteiger partial charge on any atom is 0.335 e. The van der Waals surface area contributed by atoms with Crippen molar-refractivity contribution in [3.05, 3.63) is 33.8 Å². The number of hydrogen-bond acceptors (Lipinski definition) is 3. The van der Waals surface area contributed by atoms with Gasteiger partial charge >= 0.3 is 7.60 Å². The first-order chi connectivity index (χ1) is 8.41. The lowest BCUT2D eigenvalue weighted by atomic mass is 10.2. The van der Waals surface area contributed by atoms with Crippen LogP contribution in [-0.2, 0) is 19.8 Å². The third-order valence-corrected chi connectivity index (χ3v) is 4.74. The largest absolute Gasteiger partial charge is 0.335 e. The Kier molecular flexibility index (Phi) is 5.92. The van der Waals surface area contributed by atoms with E-state index >= 15 is 0 Å². The number of benzene rings is 1. The molecule has 0 aliphatic heterocycles. The van der Waals surface area contributed by atoms with Crippen LogP contribution in [-0.4, -0.2) is 13.2 Å². The van der Waals surface area contributed by atoms with E-state index in [1.807, 2.05) is 0 Å². The Bertz CT molecular complexity index is 458. The van der Waals surface area contributed by atoms with E-state index in [4.69, 9.17) is 9.05 Å². The molecule has 0 amide bonds. The Morgan fingerprint density at radius 2 is 1.72 bits per heavy atom. The van der Waals surface area contributed by atoms with E-state index in [2.05, 4.69) is 15.9 Å². The van der Waals surface area contributed by atoms with E-state index in [0.717, 1.165) is 12.1 Å². The zero-order valence-electron chi connectivity index (χ0n) is 10.1. The molecule has 0 aromatic heterocycles. The SMILES string of the molecule is CCOP(=O)(Cc1cc(F)c(Br)cc1F)OCC. The molecular formula is C11H14BrF2O3P. The minimum absolute atomic E-state index is 0.0198. The minimum Gasteiger partial charge on any atom is -0.309 e. The molecule has 0 aliphatic carbocycles. The van der Waals surface area contributed by atoms with Crippen LogP contribution in [0.25, 0.3) is 0 Å². The van der Waals surface area contributed by atoms with Crippen molar-refractivity contribution in [2.75, 3.05) is 13.2 Å². The Morgan fingerprint density at radius 1 is 1.17 bits per heavy atom. The summed E-state index contributed by atoms with van der Waals surface area (Å²) in [7, 11) is -3.43. The minimum atomic E-state index is -3.43. The van der Waals surface area contributed by atoms with Gasteiger partial charge in [0.2, 0.25) is 0 Å². The van der Waals surface area contributed by atoms with Crippen molar-refractivity contribution in [1.82, 2.24) is 0 Å². The molecule has 0 unspecified atom stereocenters. The summed E-state index contributed by atoms with van der Waals surface area (Å²) >= 11 is 2.87. The number of rotatable bonds is 6. The lowest BCUT2D eigenvalue weighted by molar-refractivity contribution is 0.219. The predicted octanol–water partition coefficient (Wildman–Crippen LogP) is 4.49. The van der Waals surface area contributed by atoms with Crippen LogP contribution in [0.3, 0.4) is 0 Å².